The topological polar surface area (TPSA) is 88.9 Å². The van der Waals surface area contributed by atoms with Gasteiger partial charge in [-0.25, -0.2) is 0 Å². The maximum Gasteiger partial charge on any atom is 0.342 e. The van der Waals surface area contributed by atoms with E-state index in [9.17, 15) is 14.9 Å². The zero-order valence-corrected chi connectivity index (χ0v) is 7.27. The van der Waals surface area contributed by atoms with Gasteiger partial charge in [0.2, 0.25) is 0 Å². The molecule has 0 aliphatic carbocycles. The molecule has 0 spiro atoms. The van der Waals surface area contributed by atoms with Crippen LogP contribution in [0.5, 0.6) is 0 Å². The molecule has 0 fully saturated rings. The summed E-state index contributed by atoms with van der Waals surface area (Å²) >= 11 is 0. The van der Waals surface area contributed by atoms with Gasteiger partial charge in [0.25, 0.3) is 0 Å². The molecule has 6 heteroatoms. The Morgan fingerprint density at radius 3 is 2.69 bits per heavy atom. The number of nitro groups is 1. The Hall–Kier alpha value is -1.72. The second-order valence-electron chi connectivity index (χ2n) is 3.24. The molecular weight excluding hydrogens is 174 g/mol. The highest BCUT2D eigenvalue weighted by Crippen LogP contribution is 2.21. The van der Waals surface area contributed by atoms with E-state index in [-0.39, 0.29) is 5.82 Å². The Balaban J connectivity index is 3.05. The van der Waals surface area contributed by atoms with Crippen molar-refractivity contribution >= 4 is 12.1 Å². The van der Waals surface area contributed by atoms with Crippen LogP contribution in [-0.2, 0) is 10.2 Å². The first-order valence-electron chi connectivity index (χ1n) is 3.64. The number of carbonyl (C=O) groups is 1. The van der Waals surface area contributed by atoms with Gasteiger partial charge < -0.3 is 14.9 Å². The molecule has 0 saturated heterocycles. The molecular formula is C7H9N3O3. The lowest BCUT2D eigenvalue weighted by Gasteiger charge is -2.10. The van der Waals surface area contributed by atoms with Gasteiger partial charge in [0.15, 0.2) is 0 Å². The fourth-order valence-corrected chi connectivity index (χ4v) is 0.796. The largest absolute Gasteiger partial charge is 0.358 e. The minimum Gasteiger partial charge on any atom is -0.358 e. The van der Waals surface area contributed by atoms with Gasteiger partial charge in [0.05, 0.1) is 11.5 Å². The highest BCUT2D eigenvalue weighted by Gasteiger charge is 2.25. The number of H-pyrrole nitrogens is 1. The molecule has 0 saturated carbocycles. The Kier molecular flexibility index (Phi) is 2.14. The number of carbonyl (C=O) groups excluding carboxylic acids is 1. The maximum atomic E-state index is 10.6. The van der Waals surface area contributed by atoms with Gasteiger partial charge in [-0.05, 0) is 18.8 Å². The van der Waals surface area contributed by atoms with E-state index < -0.39 is 10.3 Å². The van der Waals surface area contributed by atoms with Gasteiger partial charge in [-0.1, -0.05) is 5.10 Å². The number of aldehydes is 1. The summed E-state index contributed by atoms with van der Waals surface area (Å²) < 4.78 is 0. The van der Waals surface area contributed by atoms with Gasteiger partial charge in [-0.2, -0.15) is 0 Å². The summed E-state index contributed by atoms with van der Waals surface area (Å²) in [5, 5.41) is 16.2. The molecule has 70 valence electrons. The van der Waals surface area contributed by atoms with Crippen molar-refractivity contribution in [3.8, 4) is 0 Å². The Bertz CT molecular complexity index is 343. The second kappa shape index (κ2) is 2.96. The fraction of sp³-hybridized carbons (Fsp3) is 0.429. The number of hydrogen-bond donors (Lipinski definition) is 1. The molecule has 0 unspecified atom stereocenters. The minimum atomic E-state index is -0.787. The number of hydrogen-bond acceptors (Lipinski definition) is 4. The van der Waals surface area contributed by atoms with E-state index in [4.69, 9.17) is 0 Å². The summed E-state index contributed by atoms with van der Waals surface area (Å²) in [5.74, 6) is -0.204. The lowest BCUT2D eigenvalue weighted by molar-refractivity contribution is -0.389. The van der Waals surface area contributed by atoms with Gasteiger partial charge in [0.1, 0.15) is 12.0 Å². The maximum absolute atomic E-state index is 10.6. The predicted molar refractivity (Wildman–Crippen MR) is 44.3 cm³/mol. The molecule has 1 aromatic rings. The van der Waals surface area contributed by atoms with Crippen molar-refractivity contribution in [3.05, 3.63) is 21.9 Å². The number of aromatic nitrogens is 2. The van der Waals surface area contributed by atoms with Crippen LogP contribution in [0.25, 0.3) is 0 Å². The van der Waals surface area contributed by atoms with Crippen molar-refractivity contribution in [2.75, 3.05) is 0 Å². The molecule has 0 aliphatic heterocycles. The highest BCUT2D eigenvalue weighted by atomic mass is 16.6. The SMILES string of the molecule is CC(C)(C=O)c1cc([N+](=O)[O-])[nH]n1. The van der Waals surface area contributed by atoms with Gasteiger partial charge in [0, 0.05) is 0 Å². The monoisotopic (exact) mass is 183 g/mol. The third-order valence-electron chi connectivity index (χ3n) is 1.72. The van der Waals surface area contributed by atoms with Crippen molar-refractivity contribution < 1.29 is 9.72 Å². The summed E-state index contributed by atoms with van der Waals surface area (Å²) in [6, 6.07) is 1.26. The van der Waals surface area contributed by atoms with Crippen molar-refractivity contribution in [1.29, 1.82) is 0 Å². The minimum absolute atomic E-state index is 0.204. The fourth-order valence-electron chi connectivity index (χ4n) is 0.796. The number of nitrogens with zero attached hydrogens (tertiary/aromatic N) is 2. The van der Waals surface area contributed by atoms with Crippen molar-refractivity contribution in [1.82, 2.24) is 10.2 Å². The lowest BCUT2D eigenvalue weighted by atomic mass is 9.92. The summed E-state index contributed by atoms with van der Waals surface area (Å²) in [6.07, 6.45) is 0.701. The first kappa shape index (κ1) is 9.37. The number of aromatic amines is 1. The summed E-state index contributed by atoms with van der Waals surface area (Å²) in [4.78, 5) is 20.3. The summed E-state index contributed by atoms with van der Waals surface area (Å²) in [7, 11) is 0. The zero-order chi connectivity index (χ0) is 10.1. The van der Waals surface area contributed by atoms with E-state index >= 15 is 0 Å². The van der Waals surface area contributed by atoms with Crippen LogP contribution >= 0.6 is 0 Å². The number of rotatable bonds is 3. The van der Waals surface area contributed by atoms with Gasteiger partial charge in [-0.15, -0.1) is 5.10 Å². The first-order valence-corrected chi connectivity index (χ1v) is 3.64. The Morgan fingerprint density at radius 1 is 1.69 bits per heavy atom. The van der Waals surface area contributed by atoms with E-state index in [0.717, 1.165) is 0 Å². The lowest BCUT2D eigenvalue weighted by Crippen LogP contribution is -2.19. The molecule has 1 aromatic heterocycles. The predicted octanol–water partition coefficient (Wildman–Crippen LogP) is 0.794. The molecule has 1 rings (SSSR count). The average Bonchev–Trinajstić information content (AvgIpc) is 2.52. The molecule has 0 radical (unpaired) electrons. The third kappa shape index (κ3) is 1.71. The van der Waals surface area contributed by atoms with E-state index in [0.29, 0.717) is 12.0 Å². The van der Waals surface area contributed by atoms with E-state index in [1.54, 1.807) is 13.8 Å². The van der Waals surface area contributed by atoms with Crippen LogP contribution in [-0.4, -0.2) is 21.4 Å². The van der Waals surface area contributed by atoms with Gasteiger partial charge in [-0.3, -0.25) is 0 Å². The molecule has 1 heterocycles. The average molecular weight is 183 g/mol. The van der Waals surface area contributed by atoms with Crippen LogP contribution in [0.2, 0.25) is 0 Å². The molecule has 0 bridgehead atoms. The zero-order valence-electron chi connectivity index (χ0n) is 7.27. The summed E-state index contributed by atoms with van der Waals surface area (Å²) in [6.45, 7) is 3.28. The second-order valence-corrected chi connectivity index (χ2v) is 3.24. The van der Waals surface area contributed by atoms with Crippen molar-refractivity contribution in [2.24, 2.45) is 0 Å². The molecule has 13 heavy (non-hydrogen) atoms. The molecule has 0 aromatic carbocycles. The van der Waals surface area contributed by atoms with Gasteiger partial charge >= 0.3 is 5.82 Å². The molecule has 1 N–H and O–H groups in total. The Morgan fingerprint density at radius 2 is 2.31 bits per heavy atom. The molecule has 6 nitrogen and oxygen atoms in total. The van der Waals surface area contributed by atoms with Crippen LogP contribution in [0.3, 0.4) is 0 Å². The van der Waals surface area contributed by atoms with E-state index in [1.807, 2.05) is 0 Å². The first-order chi connectivity index (χ1) is 5.97. The van der Waals surface area contributed by atoms with E-state index in [2.05, 4.69) is 10.2 Å². The third-order valence-corrected chi connectivity index (χ3v) is 1.72. The number of nitrogens with one attached hydrogen (secondary N) is 1. The molecule has 0 atom stereocenters. The van der Waals surface area contributed by atoms with Crippen molar-refractivity contribution in [3.63, 3.8) is 0 Å². The highest BCUT2D eigenvalue weighted by molar-refractivity contribution is 5.66. The van der Waals surface area contributed by atoms with Crippen LogP contribution in [0, 0.1) is 10.1 Å². The van der Waals surface area contributed by atoms with E-state index in [1.165, 1.54) is 6.07 Å². The molecule has 0 aliphatic rings. The van der Waals surface area contributed by atoms with Crippen LogP contribution in [0.4, 0.5) is 5.82 Å². The van der Waals surface area contributed by atoms with Crippen LogP contribution < -0.4 is 0 Å². The van der Waals surface area contributed by atoms with Crippen LogP contribution in [0.1, 0.15) is 19.5 Å². The molecule has 0 amide bonds. The quantitative estimate of drug-likeness (QED) is 0.426. The van der Waals surface area contributed by atoms with Crippen molar-refractivity contribution in [2.45, 2.75) is 19.3 Å². The van der Waals surface area contributed by atoms with Crippen LogP contribution in [0.15, 0.2) is 6.07 Å². The smallest absolute Gasteiger partial charge is 0.342 e. The normalized spacial score (nSPS) is 11.2. The summed E-state index contributed by atoms with van der Waals surface area (Å²) in [5.41, 5.74) is -0.417. The Labute approximate surface area is 74.1 Å². The standard InChI is InChI=1S/C7H9N3O3/c1-7(2,4-11)5-3-6(9-8-5)10(12)13/h3-4H,1-2H3,(H,8,9).